The minimum Gasteiger partial charge on any atom is -0.383 e. The minimum absolute atomic E-state index is 0.196. The number of nitrogens with zero attached hydrogens (tertiary/aromatic N) is 5. The number of pyridine rings is 3. The SMILES string of the molecule is [C-]#[N+][C@H]1C[C@@H]1C(=O)Nc1cc2cc(-c3cnccc3CC#N)nc(N)c2cn1. The Morgan fingerprint density at radius 3 is 3.04 bits per heavy atom. The zero-order chi connectivity index (χ0) is 19.7. The molecule has 0 unspecified atom stereocenters. The van der Waals surface area contributed by atoms with Gasteiger partial charge in [-0.1, -0.05) is 0 Å². The average Bonchev–Trinajstić information content (AvgIpc) is 3.48. The summed E-state index contributed by atoms with van der Waals surface area (Å²) in [6, 6.07) is 7.25. The lowest BCUT2D eigenvalue weighted by Crippen LogP contribution is -2.16. The molecule has 0 aromatic carbocycles. The molecule has 0 radical (unpaired) electrons. The number of hydrogen-bond donors (Lipinski definition) is 2. The van der Waals surface area contributed by atoms with Crippen LogP contribution in [-0.2, 0) is 11.2 Å². The van der Waals surface area contributed by atoms with E-state index >= 15 is 0 Å². The molecule has 8 heteroatoms. The van der Waals surface area contributed by atoms with Crippen molar-refractivity contribution in [3.8, 4) is 17.3 Å². The van der Waals surface area contributed by atoms with E-state index in [4.69, 9.17) is 17.6 Å². The molecule has 8 nitrogen and oxygen atoms in total. The number of carbonyl (C=O) groups is 1. The van der Waals surface area contributed by atoms with Crippen LogP contribution >= 0.6 is 0 Å². The van der Waals surface area contributed by atoms with E-state index < -0.39 is 0 Å². The van der Waals surface area contributed by atoms with Gasteiger partial charge < -0.3 is 15.9 Å². The van der Waals surface area contributed by atoms with Gasteiger partial charge in [0.1, 0.15) is 17.6 Å². The van der Waals surface area contributed by atoms with Crippen molar-refractivity contribution in [1.82, 2.24) is 15.0 Å². The van der Waals surface area contributed by atoms with Gasteiger partial charge in [-0.25, -0.2) is 16.5 Å². The Labute approximate surface area is 160 Å². The zero-order valence-corrected chi connectivity index (χ0v) is 14.8. The number of aromatic nitrogens is 3. The Morgan fingerprint density at radius 1 is 1.43 bits per heavy atom. The van der Waals surface area contributed by atoms with Gasteiger partial charge in [-0.05, 0) is 29.1 Å². The van der Waals surface area contributed by atoms with Gasteiger partial charge in [-0.2, -0.15) is 5.26 Å². The summed E-state index contributed by atoms with van der Waals surface area (Å²) in [6.45, 7) is 6.99. The molecule has 3 N–H and O–H groups in total. The number of hydrogen-bond acceptors (Lipinski definition) is 6. The molecule has 3 aromatic heterocycles. The van der Waals surface area contributed by atoms with Crippen LogP contribution in [0.5, 0.6) is 0 Å². The second-order valence-electron chi connectivity index (χ2n) is 6.58. The second kappa shape index (κ2) is 6.93. The summed E-state index contributed by atoms with van der Waals surface area (Å²) in [5.41, 5.74) is 8.25. The van der Waals surface area contributed by atoms with Crippen molar-refractivity contribution in [3.05, 3.63) is 53.8 Å². The standard InChI is InChI=1S/C20H15N7O/c1-23-16-8-13(16)20(28)27-18-7-12-6-17(26-19(22)15(12)10-25-18)14-9-24-5-3-11(14)2-4-21/h3,5-7,9-10,13,16H,2,8H2,(H2,22,26)(H,25,27,28)/t13-,16-/m0/s1. The predicted octanol–water partition coefficient (Wildman–Crippen LogP) is 2.59. The average molecular weight is 369 g/mol. The van der Waals surface area contributed by atoms with E-state index in [9.17, 15) is 4.79 Å². The predicted molar refractivity (Wildman–Crippen MR) is 104 cm³/mol. The quantitative estimate of drug-likeness (QED) is 0.682. The van der Waals surface area contributed by atoms with Gasteiger partial charge in [0, 0.05) is 36.0 Å². The number of amides is 1. The fourth-order valence-corrected chi connectivity index (χ4v) is 3.10. The Hall–Kier alpha value is -4.04. The molecule has 2 atom stereocenters. The van der Waals surface area contributed by atoms with Gasteiger partial charge in [-0.15, -0.1) is 0 Å². The second-order valence-corrected chi connectivity index (χ2v) is 6.58. The molecule has 1 amide bonds. The number of rotatable bonds is 4. The van der Waals surface area contributed by atoms with E-state index in [0.29, 0.717) is 29.1 Å². The van der Waals surface area contributed by atoms with E-state index in [1.54, 1.807) is 30.7 Å². The topological polar surface area (TPSA) is 122 Å². The van der Waals surface area contributed by atoms with Gasteiger partial charge in [0.05, 0.1) is 18.2 Å². The molecule has 1 saturated carbocycles. The van der Waals surface area contributed by atoms with Gasteiger partial charge in [-0.3, -0.25) is 9.78 Å². The largest absolute Gasteiger partial charge is 0.383 e. The maximum atomic E-state index is 12.2. The smallest absolute Gasteiger partial charge is 0.236 e. The number of nitrogen functional groups attached to an aromatic ring is 1. The van der Waals surface area contributed by atoms with Crippen LogP contribution in [0.25, 0.3) is 26.9 Å². The van der Waals surface area contributed by atoms with Crippen molar-refractivity contribution in [3.63, 3.8) is 0 Å². The first-order valence-electron chi connectivity index (χ1n) is 8.64. The third-order valence-electron chi connectivity index (χ3n) is 4.71. The van der Waals surface area contributed by atoms with Crippen LogP contribution in [0, 0.1) is 23.8 Å². The van der Waals surface area contributed by atoms with E-state index in [2.05, 4.69) is 31.2 Å². The van der Waals surface area contributed by atoms with Crippen LogP contribution in [-0.4, -0.2) is 26.9 Å². The first-order chi connectivity index (χ1) is 13.6. The fourth-order valence-electron chi connectivity index (χ4n) is 3.10. The lowest BCUT2D eigenvalue weighted by atomic mass is 10.0. The number of carbonyl (C=O) groups excluding carboxylic acids is 1. The van der Waals surface area contributed by atoms with Crippen molar-refractivity contribution in [2.45, 2.75) is 18.9 Å². The highest BCUT2D eigenvalue weighted by Crippen LogP contribution is 2.35. The van der Waals surface area contributed by atoms with E-state index in [0.717, 1.165) is 16.5 Å². The Kier molecular flexibility index (Phi) is 4.30. The van der Waals surface area contributed by atoms with E-state index in [1.807, 2.05) is 6.07 Å². The van der Waals surface area contributed by atoms with Crippen molar-refractivity contribution in [2.75, 3.05) is 11.1 Å². The van der Waals surface area contributed by atoms with E-state index in [1.165, 1.54) is 0 Å². The molecule has 0 saturated heterocycles. The number of fused-ring (bicyclic) bond motifs is 1. The Balaban J connectivity index is 1.70. The molecule has 0 bridgehead atoms. The molecule has 136 valence electrons. The summed E-state index contributed by atoms with van der Waals surface area (Å²) >= 11 is 0. The van der Waals surface area contributed by atoms with Crippen LogP contribution in [0.2, 0.25) is 0 Å². The zero-order valence-electron chi connectivity index (χ0n) is 14.8. The molecule has 1 aliphatic carbocycles. The molecule has 28 heavy (non-hydrogen) atoms. The van der Waals surface area contributed by atoms with Crippen molar-refractivity contribution in [2.24, 2.45) is 5.92 Å². The molecule has 0 aliphatic heterocycles. The van der Waals surface area contributed by atoms with Crippen molar-refractivity contribution >= 4 is 28.3 Å². The van der Waals surface area contributed by atoms with Crippen molar-refractivity contribution < 1.29 is 4.79 Å². The number of anilines is 2. The third kappa shape index (κ3) is 3.19. The summed E-state index contributed by atoms with van der Waals surface area (Å²) in [4.78, 5) is 28.4. The van der Waals surface area contributed by atoms with Crippen LogP contribution in [0.15, 0.2) is 36.8 Å². The minimum atomic E-state index is -0.267. The Morgan fingerprint density at radius 2 is 2.29 bits per heavy atom. The maximum Gasteiger partial charge on any atom is 0.236 e. The summed E-state index contributed by atoms with van der Waals surface area (Å²) in [5.74, 6) is 0.240. The third-order valence-corrected chi connectivity index (χ3v) is 4.71. The number of nitrogens with two attached hydrogens (primary N) is 1. The first kappa shape index (κ1) is 17.4. The molecule has 0 spiro atoms. The fraction of sp³-hybridized carbons (Fsp3) is 0.200. The van der Waals surface area contributed by atoms with Gasteiger partial charge in [0.25, 0.3) is 0 Å². The molecule has 4 rings (SSSR count). The maximum absolute atomic E-state index is 12.2. The normalized spacial score (nSPS) is 17.5. The molecule has 3 aromatic rings. The molecule has 1 fully saturated rings. The highest BCUT2D eigenvalue weighted by Gasteiger charge is 2.49. The highest BCUT2D eigenvalue weighted by atomic mass is 16.2. The molecule has 1 aliphatic rings. The van der Waals surface area contributed by atoms with Gasteiger partial charge in [0.2, 0.25) is 11.9 Å². The van der Waals surface area contributed by atoms with Crippen LogP contribution < -0.4 is 11.1 Å². The van der Waals surface area contributed by atoms with Gasteiger partial charge in [0.15, 0.2) is 0 Å². The molecule has 3 heterocycles. The summed E-state index contributed by atoms with van der Waals surface area (Å²) in [6.07, 6.45) is 5.68. The summed E-state index contributed by atoms with van der Waals surface area (Å²) in [5, 5.41) is 13.2. The summed E-state index contributed by atoms with van der Waals surface area (Å²) in [7, 11) is 0. The lowest BCUT2D eigenvalue weighted by molar-refractivity contribution is -0.117. The monoisotopic (exact) mass is 369 g/mol. The number of nitrogens with one attached hydrogen (secondary N) is 1. The van der Waals surface area contributed by atoms with Crippen LogP contribution in [0.4, 0.5) is 11.6 Å². The highest BCUT2D eigenvalue weighted by molar-refractivity contribution is 5.98. The van der Waals surface area contributed by atoms with Crippen LogP contribution in [0.1, 0.15) is 12.0 Å². The summed E-state index contributed by atoms with van der Waals surface area (Å²) < 4.78 is 0. The lowest BCUT2D eigenvalue weighted by Gasteiger charge is -2.10. The van der Waals surface area contributed by atoms with Crippen molar-refractivity contribution in [1.29, 1.82) is 5.26 Å². The number of nitriles is 1. The van der Waals surface area contributed by atoms with Gasteiger partial charge >= 0.3 is 0 Å². The molecular formula is C20H15N7O. The van der Waals surface area contributed by atoms with Crippen LogP contribution in [0.3, 0.4) is 0 Å². The Bertz CT molecular complexity index is 1180. The molecular weight excluding hydrogens is 354 g/mol. The first-order valence-corrected chi connectivity index (χ1v) is 8.64. The van der Waals surface area contributed by atoms with E-state index in [-0.39, 0.29) is 24.3 Å².